The summed E-state index contributed by atoms with van der Waals surface area (Å²) in [6, 6.07) is -0.626. The molecule has 2 aliphatic heterocycles. The normalized spacial score (nSPS) is 32.1. The Bertz CT molecular complexity index is 366. The van der Waals surface area contributed by atoms with E-state index in [9.17, 15) is 14.7 Å². The lowest BCUT2D eigenvalue weighted by molar-refractivity contribution is -0.149. The molecule has 20 heavy (non-hydrogen) atoms. The Morgan fingerprint density at radius 1 is 1.40 bits per heavy atom. The van der Waals surface area contributed by atoms with Crippen LogP contribution in [0.25, 0.3) is 0 Å². The van der Waals surface area contributed by atoms with Crippen LogP contribution in [0.3, 0.4) is 0 Å². The average Bonchev–Trinajstić information content (AvgIpc) is 2.81. The van der Waals surface area contributed by atoms with Gasteiger partial charge in [-0.05, 0) is 50.1 Å². The lowest BCUT2D eigenvalue weighted by atomic mass is 9.85. The standard InChI is InChI=1S/C15H26N2O3/c1-10-5-7-17(14(10)15(19)20)13(18)8-11(2)12-4-3-6-16-9-12/h10-12,14,16H,3-9H2,1-2H3,(H,19,20). The van der Waals surface area contributed by atoms with Crippen molar-refractivity contribution in [3.8, 4) is 0 Å². The van der Waals surface area contributed by atoms with Gasteiger partial charge >= 0.3 is 5.97 Å². The Labute approximate surface area is 120 Å². The van der Waals surface area contributed by atoms with Crippen molar-refractivity contribution in [1.29, 1.82) is 0 Å². The molecule has 2 saturated heterocycles. The summed E-state index contributed by atoms with van der Waals surface area (Å²) in [5, 5.41) is 12.7. The number of amides is 1. The van der Waals surface area contributed by atoms with E-state index >= 15 is 0 Å². The van der Waals surface area contributed by atoms with Gasteiger partial charge < -0.3 is 15.3 Å². The summed E-state index contributed by atoms with van der Waals surface area (Å²) < 4.78 is 0. The third kappa shape index (κ3) is 3.32. The van der Waals surface area contributed by atoms with Crippen LogP contribution in [-0.4, -0.2) is 47.6 Å². The first kappa shape index (κ1) is 15.3. The van der Waals surface area contributed by atoms with Crippen molar-refractivity contribution in [2.75, 3.05) is 19.6 Å². The second-order valence-corrected chi connectivity index (χ2v) is 6.42. The highest BCUT2D eigenvalue weighted by molar-refractivity contribution is 5.84. The van der Waals surface area contributed by atoms with E-state index in [0.717, 1.165) is 19.5 Å². The van der Waals surface area contributed by atoms with Gasteiger partial charge in [0.05, 0.1) is 0 Å². The molecule has 0 saturated carbocycles. The second kappa shape index (κ2) is 6.57. The zero-order valence-electron chi connectivity index (χ0n) is 12.5. The van der Waals surface area contributed by atoms with Gasteiger partial charge in [-0.2, -0.15) is 0 Å². The van der Waals surface area contributed by atoms with Gasteiger partial charge in [-0.1, -0.05) is 13.8 Å². The molecule has 0 radical (unpaired) electrons. The van der Waals surface area contributed by atoms with E-state index in [1.165, 1.54) is 12.8 Å². The van der Waals surface area contributed by atoms with Crippen LogP contribution in [0.15, 0.2) is 0 Å². The van der Waals surface area contributed by atoms with Crippen LogP contribution in [-0.2, 0) is 9.59 Å². The maximum absolute atomic E-state index is 12.4. The Kier molecular flexibility index (Phi) is 5.02. The van der Waals surface area contributed by atoms with Crippen LogP contribution in [0.2, 0.25) is 0 Å². The van der Waals surface area contributed by atoms with E-state index in [1.807, 2.05) is 6.92 Å². The van der Waals surface area contributed by atoms with E-state index < -0.39 is 12.0 Å². The van der Waals surface area contributed by atoms with Gasteiger partial charge in [-0.15, -0.1) is 0 Å². The molecular formula is C15H26N2O3. The number of rotatable bonds is 4. The summed E-state index contributed by atoms with van der Waals surface area (Å²) in [6.45, 7) is 6.67. The fourth-order valence-electron chi connectivity index (χ4n) is 3.53. The van der Waals surface area contributed by atoms with Crippen LogP contribution in [0.5, 0.6) is 0 Å². The number of carboxylic acids is 1. The number of carboxylic acid groups (broad SMARTS) is 1. The zero-order chi connectivity index (χ0) is 14.7. The highest BCUT2D eigenvalue weighted by atomic mass is 16.4. The van der Waals surface area contributed by atoms with Crippen molar-refractivity contribution in [3.05, 3.63) is 0 Å². The summed E-state index contributed by atoms with van der Waals surface area (Å²) in [4.78, 5) is 25.3. The lowest BCUT2D eigenvalue weighted by Gasteiger charge is -2.30. The first-order valence-electron chi connectivity index (χ1n) is 7.73. The van der Waals surface area contributed by atoms with Crippen molar-refractivity contribution in [1.82, 2.24) is 10.2 Å². The third-order valence-electron chi connectivity index (χ3n) is 4.91. The van der Waals surface area contributed by atoms with E-state index in [4.69, 9.17) is 0 Å². The maximum Gasteiger partial charge on any atom is 0.326 e. The molecule has 0 aromatic carbocycles. The molecule has 2 heterocycles. The molecule has 2 rings (SSSR count). The van der Waals surface area contributed by atoms with E-state index in [-0.39, 0.29) is 11.8 Å². The number of piperidine rings is 1. The average molecular weight is 282 g/mol. The molecule has 2 N–H and O–H groups in total. The maximum atomic E-state index is 12.4. The van der Waals surface area contributed by atoms with Gasteiger partial charge in [0.25, 0.3) is 0 Å². The number of carbonyl (C=O) groups excluding carboxylic acids is 1. The number of hydrogen-bond acceptors (Lipinski definition) is 3. The molecule has 4 atom stereocenters. The minimum Gasteiger partial charge on any atom is -0.480 e. The first-order chi connectivity index (χ1) is 9.50. The van der Waals surface area contributed by atoms with Gasteiger partial charge in [0.2, 0.25) is 5.91 Å². The number of nitrogens with one attached hydrogen (secondary N) is 1. The lowest BCUT2D eigenvalue weighted by Crippen LogP contribution is -2.44. The molecular weight excluding hydrogens is 256 g/mol. The van der Waals surface area contributed by atoms with Crippen molar-refractivity contribution in [2.24, 2.45) is 17.8 Å². The Morgan fingerprint density at radius 3 is 2.75 bits per heavy atom. The number of nitrogens with zero attached hydrogens (tertiary/aromatic N) is 1. The Balaban J connectivity index is 1.92. The molecule has 5 nitrogen and oxygen atoms in total. The molecule has 0 aromatic rings. The molecule has 0 aliphatic carbocycles. The topological polar surface area (TPSA) is 69.6 Å². The van der Waals surface area contributed by atoms with Gasteiger partial charge in [-0.3, -0.25) is 4.79 Å². The Morgan fingerprint density at radius 2 is 2.15 bits per heavy atom. The molecule has 0 bridgehead atoms. The van der Waals surface area contributed by atoms with Crippen LogP contribution >= 0.6 is 0 Å². The third-order valence-corrected chi connectivity index (χ3v) is 4.91. The predicted molar refractivity (Wildman–Crippen MR) is 76.3 cm³/mol. The highest BCUT2D eigenvalue weighted by Gasteiger charge is 2.39. The first-order valence-corrected chi connectivity index (χ1v) is 7.73. The quantitative estimate of drug-likeness (QED) is 0.816. The van der Waals surface area contributed by atoms with Crippen molar-refractivity contribution in [2.45, 2.75) is 45.6 Å². The molecule has 1 amide bonds. The van der Waals surface area contributed by atoms with E-state index in [1.54, 1.807) is 4.90 Å². The second-order valence-electron chi connectivity index (χ2n) is 6.42. The van der Waals surface area contributed by atoms with Crippen LogP contribution in [0, 0.1) is 17.8 Å². The molecule has 114 valence electrons. The summed E-state index contributed by atoms with van der Waals surface area (Å²) in [5.41, 5.74) is 0. The van der Waals surface area contributed by atoms with Crippen LogP contribution < -0.4 is 5.32 Å². The van der Waals surface area contributed by atoms with E-state index in [0.29, 0.717) is 24.8 Å². The van der Waals surface area contributed by atoms with Crippen LogP contribution in [0.1, 0.15) is 39.5 Å². The molecule has 0 aromatic heterocycles. The summed E-state index contributed by atoms with van der Waals surface area (Å²) >= 11 is 0. The van der Waals surface area contributed by atoms with Crippen molar-refractivity contribution >= 4 is 11.9 Å². The van der Waals surface area contributed by atoms with E-state index in [2.05, 4.69) is 12.2 Å². The molecule has 0 spiro atoms. The minimum absolute atomic E-state index is 0.0137. The summed E-state index contributed by atoms with van der Waals surface area (Å²) in [7, 11) is 0. The van der Waals surface area contributed by atoms with Crippen molar-refractivity contribution < 1.29 is 14.7 Å². The summed E-state index contributed by atoms with van der Waals surface area (Å²) in [6.07, 6.45) is 3.60. The van der Waals surface area contributed by atoms with Gasteiger partial charge in [-0.25, -0.2) is 4.79 Å². The van der Waals surface area contributed by atoms with Gasteiger partial charge in [0.15, 0.2) is 0 Å². The SMILES string of the molecule is CC(CC(=O)N1CCC(C)C1C(=O)O)C1CCCNC1. The molecule has 2 aliphatic rings. The number of likely N-dealkylation sites (tertiary alicyclic amines) is 1. The van der Waals surface area contributed by atoms with Crippen LogP contribution in [0.4, 0.5) is 0 Å². The predicted octanol–water partition coefficient (Wildman–Crippen LogP) is 1.33. The fourth-order valence-corrected chi connectivity index (χ4v) is 3.53. The minimum atomic E-state index is -0.865. The Hall–Kier alpha value is -1.10. The molecule has 5 heteroatoms. The van der Waals surface area contributed by atoms with Gasteiger partial charge in [0.1, 0.15) is 6.04 Å². The number of hydrogen-bond donors (Lipinski definition) is 2. The largest absolute Gasteiger partial charge is 0.480 e. The smallest absolute Gasteiger partial charge is 0.326 e. The summed E-state index contributed by atoms with van der Waals surface area (Å²) in [5.74, 6) is 0.0647. The fraction of sp³-hybridized carbons (Fsp3) is 0.867. The van der Waals surface area contributed by atoms with Crippen molar-refractivity contribution in [3.63, 3.8) is 0 Å². The number of aliphatic carboxylic acids is 1. The zero-order valence-corrected chi connectivity index (χ0v) is 12.5. The molecule has 2 fully saturated rings. The highest BCUT2D eigenvalue weighted by Crippen LogP contribution is 2.28. The monoisotopic (exact) mass is 282 g/mol. The van der Waals surface area contributed by atoms with Gasteiger partial charge in [0, 0.05) is 13.0 Å². The molecule has 4 unspecified atom stereocenters. The number of carbonyl (C=O) groups is 2.